The van der Waals surface area contributed by atoms with Gasteiger partial charge in [-0.1, -0.05) is 6.07 Å². The third kappa shape index (κ3) is 4.01. The number of amides is 1. The quantitative estimate of drug-likeness (QED) is 0.549. The highest BCUT2D eigenvalue weighted by Crippen LogP contribution is 2.32. The van der Waals surface area contributed by atoms with E-state index < -0.39 is 38.9 Å². The minimum atomic E-state index is -3.79. The predicted molar refractivity (Wildman–Crippen MR) is 108 cm³/mol. The second-order valence-corrected chi connectivity index (χ2v) is 8.79. The van der Waals surface area contributed by atoms with E-state index in [1.807, 2.05) is 0 Å². The van der Waals surface area contributed by atoms with Crippen LogP contribution in [0.3, 0.4) is 0 Å². The SMILES string of the molecule is Nc1ncnc2c(C(=O)Nc3c(F)ccc(NS(=O)(=O)CC4CC4)c3F)cccc12. The van der Waals surface area contributed by atoms with Crippen molar-refractivity contribution in [1.82, 2.24) is 9.97 Å². The van der Waals surface area contributed by atoms with Gasteiger partial charge in [0.1, 0.15) is 23.6 Å². The summed E-state index contributed by atoms with van der Waals surface area (Å²) >= 11 is 0. The molecule has 0 bridgehead atoms. The smallest absolute Gasteiger partial charge is 0.258 e. The summed E-state index contributed by atoms with van der Waals surface area (Å²) < 4.78 is 55.5. The molecule has 4 N–H and O–H groups in total. The van der Waals surface area contributed by atoms with Gasteiger partial charge in [-0.25, -0.2) is 27.2 Å². The van der Waals surface area contributed by atoms with Gasteiger partial charge >= 0.3 is 0 Å². The molecule has 2 aromatic carbocycles. The molecule has 1 aromatic heterocycles. The Morgan fingerprint density at radius 2 is 1.93 bits per heavy atom. The van der Waals surface area contributed by atoms with E-state index >= 15 is 0 Å². The fraction of sp³-hybridized carbons (Fsp3) is 0.211. The molecule has 1 aliphatic carbocycles. The Hall–Kier alpha value is -3.34. The number of fused-ring (bicyclic) bond motifs is 1. The third-order valence-electron chi connectivity index (χ3n) is 4.69. The molecular weight excluding hydrogens is 416 g/mol. The number of carbonyl (C=O) groups is 1. The Bertz CT molecular complexity index is 1260. The van der Waals surface area contributed by atoms with Gasteiger partial charge in [0.2, 0.25) is 10.0 Å². The molecule has 11 heteroatoms. The van der Waals surface area contributed by atoms with Crippen LogP contribution in [0.4, 0.5) is 26.0 Å². The zero-order chi connectivity index (χ0) is 21.5. The molecule has 1 fully saturated rings. The predicted octanol–water partition coefficient (Wildman–Crippen LogP) is 2.89. The number of hydrogen-bond donors (Lipinski definition) is 3. The van der Waals surface area contributed by atoms with E-state index in [0.717, 1.165) is 25.0 Å². The van der Waals surface area contributed by atoms with E-state index in [1.54, 1.807) is 6.07 Å². The average Bonchev–Trinajstić information content (AvgIpc) is 3.50. The Balaban J connectivity index is 1.65. The number of nitrogen functional groups attached to an aromatic ring is 1. The van der Waals surface area contributed by atoms with Crippen LogP contribution in [0.1, 0.15) is 23.2 Å². The summed E-state index contributed by atoms with van der Waals surface area (Å²) in [5.74, 6) is -3.06. The highest BCUT2D eigenvalue weighted by molar-refractivity contribution is 7.92. The molecular formula is C19H17F2N5O3S. The highest BCUT2D eigenvalue weighted by Gasteiger charge is 2.29. The first kappa shape index (κ1) is 20.0. The zero-order valence-electron chi connectivity index (χ0n) is 15.5. The number of para-hydroxylation sites is 1. The van der Waals surface area contributed by atoms with Crippen LogP contribution in [0.5, 0.6) is 0 Å². The molecule has 0 radical (unpaired) electrons. The van der Waals surface area contributed by atoms with Gasteiger partial charge < -0.3 is 11.1 Å². The van der Waals surface area contributed by atoms with E-state index in [1.165, 1.54) is 18.5 Å². The topological polar surface area (TPSA) is 127 Å². The van der Waals surface area contributed by atoms with Crippen LogP contribution in [0.15, 0.2) is 36.7 Å². The minimum absolute atomic E-state index is 0.0279. The largest absolute Gasteiger partial charge is 0.383 e. The van der Waals surface area contributed by atoms with Crippen molar-refractivity contribution in [2.75, 3.05) is 21.5 Å². The monoisotopic (exact) mass is 433 g/mol. The number of nitrogens with two attached hydrogens (primary N) is 1. The van der Waals surface area contributed by atoms with Gasteiger partial charge in [0.25, 0.3) is 5.91 Å². The number of nitrogens with zero attached hydrogens (tertiary/aromatic N) is 2. The van der Waals surface area contributed by atoms with E-state index in [9.17, 15) is 22.0 Å². The van der Waals surface area contributed by atoms with Crippen LogP contribution >= 0.6 is 0 Å². The number of rotatable bonds is 6. The van der Waals surface area contributed by atoms with Crippen molar-refractivity contribution in [3.8, 4) is 0 Å². The van der Waals surface area contributed by atoms with Crippen molar-refractivity contribution >= 4 is 44.0 Å². The van der Waals surface area contributed by atoms with Crippen molar-refractivity contribution in [1.29, 1.82) is 0 Å². The summed E-state index contributed by atoms with van der Waals surface area (Å²) in [6.07, 6.45) is 2.77. The molecule has 8 nitrogen and oxygen atoms in total. The molecule has 0 spiro atoms. The molecule has 0 saturated heterocycles. The number of carbonyl (C=O) groups excluding carboxylic acids is 1. The van der Waals surface area contributed by atoms with E-state index in [4.69, 9.17) is 5.73 Å². The highest BCUT2D eigenvalue weighted by atomic mass is 32.2. The Morgan fingerprint density at radius 1 is 1.17 bits per heavy atom. The lowest BCUT2D eigenvalue weighted by atomic mass is 10.1. The van der Waals surface area contributed by atoms with Crippen molar-refractivity contribution < 1.29 is 22.0 Å². The van der Waals surface area contributed by atoms with Crippen LogP contribution in [0, 0.1) is 17.6 Å². The molecule has 1 saturated carbocycles. The van der Waals surface area contributed by atoms with Crippen LogP contribution < -0.4 is 15.8 Å². The normalized spacial score (nSPS) is 13.9. The lowest BCUT2D eigenvalue weighted by Gasteiger charge is -2.13. The molecule has 1 aliphatic rings. The van der Waals surface area contributed by atoms with Crippen LogP contribution in [0.25, 0.3) is 10.9 Å². The van der Waals surface area contributed by atoms with Crippen molar-refractivity contribution in [3.63, 3.8) is 0 Å². The number of nitrogens with one attached hydrogen (secondary N) is 2. The summed E-state index contributed by atoms with van der Waals surface area (Å²) in [4.78, 5) is 20.6. The van der Waals surface area contributed by atoms with Gasteiger partial charge in [-0.2, -0.15) is 0 Å². The molecule has 1 amide bonds. The molecule has 3 aromatic rings. The van der Waals surface area contributed by atoms with Crippen molar-refractivity contribution in [2.45, 2.75) is 12.8 Å². The van der Waals surface area contributed by atoms with Crippen LogP contribution in [-0.4, -0.2) is 30.0 Å². The summed E-state index contributed by atoms with van der Waals surface area (Å²) in [6, 6.07) is 6.40. The summed E-state index contributed by atoms with van der Waals surface area (Å²) in [5.41, 5.74) is 4.80. The fourth-order valence-corrected chi connectivity index (χ4v) is 4.55. The van der Waals surface area contributed by atoms with Gasteiger partial charge in [-0.3, -0.25) is 9.52 Å². The Kier molecular flexibility index (Phi) is 4.98. The standard InChI is InChI=1S/C19H17F2N5O3S/c20-13-6-7-14(26-30(28,29)8-10-4-5-10)15(21)17(13)25-19(27)12-3-1-2-11-16(12)23-9-24-18(11)22/h1-3,6-7,9-10,26H,4-5,8H2,(H,25,27)(H2,22,23,24). The molecule has 0 aliphatic heterocycles. The van der Waals surface area contributed by atoms with E-state index in [2.05, 4.69) is 20.0 Å². The molecule has 0 unspecified atom stereocenters. The Morgan fingerprint density at radius 3 is 2.67 bits per heavy atom. The first-order valence-corrected chi connectivity index (χ1v) is 10.7. The molecule has 156 valence electrons. The van der Waals surface area contributed by atoms with Gasteiger partial charge in [0, 0.05) is 5.39 Å². The lowest BCUT2D eigenvalue weighted by molar-refractivity contribution is 0.102. The van der Waals surface area contributed by atoms with Gasteiger partial charge in [-0.05, 0) is 43.0 Å². The fourth-order valence-electron chi connectivity index (χ4n) is 3.02. The maximum absolute atomic E-state index is 14.8. The van der Waals surface area contributed by atoms with Crippen molar-refractivity contribution in [3.05, 3.63) is 53.9 Å². The van der Waals surface area contributed by atoms with Gasteiger partial charge in [-0.15, -0.1) is 0 Å². The molecule has 30 heavy (non-hydrogen) atoms. The molecule has 0 atom stereocenters. The number of aromatic nitrogens is 2. The second-order valence-electron chi connectivity index (χ2n) is 7.03. The van der Waals surface area contributed by atoms with Crippen LogP contribution in [0.2, 0.25) is 0 Å². The lowest BCUT2D eigenvalue weighted by Crippen LogP contribution is -2.20. The van der Waals surface area contributed by atoms with Crippen LogP contribution in [-0.2, 0) is 10.0 Å². The van der Waals surface area contributed by atoms with Crippen molar-refractivity contribution in [2.24, 2.45) is 5.92 Å². The second kappa shape index (κ2) is 7.48. The number of sulfonamides is 1. The maximum Gasteiger partial charge on any atom is 0.258 e. The first-order chi connectivity index (χ1) is 14.2. The van der Waals surface area contributed by atoms with E-state index in [-0.39, 0.29) is 28.6 Å². The molecule has 1 heterocycles. The number of halogens is 2. The van der Waals surface area contributed by atoms with Gasteiger partial charge in [0.05, 0.1) is 22.5 Å². The average molecular weight is 433 g/mol. The summed E-state index contributed by atoms with van der Waals surface area (Å²) in [7, 11) is -3.79. The number of anilines is 3. The maximum atomic E-state index is 14.8. The summed E-state index contributed by atoms with van der Waals surface area (Å²) in [5, 5.41) is 2.57. The minimum Gasteiger partial charge on any atom is -0.383 e. The van der Waals surface area contributed by atoms with E-state index in [0.29, 0.717) is 5.39 Å². The summed E-state index contributed by atoms with van der Waals surface area (Å²) in [6.45, 7) is 0. The van der Waals surface area contributed by atoms with Gasteiger partial charge in [0.15, 0.2) is 5.82 Å². The number of benzene rings is 2. The third-order valence-corrected chi connectivity index (χ3v) is 6.13. The Labute approximate surface area is 170 Å². The molecule has 4 rings (SSSR count). The number of hydrogen-bond acceptors (Lipinski definition) is 6. The zero-order valence-corrected chi connectivity index (χ0v) is 16.3. The first-order valence-electron chi connectivity index (χ1n) is 9.04.